The Labute approximate surface area is 305 Å². The molecule has 0 aliphatic rings. The van der Waals surface area contributed by atoms with Gasteiger partial charge in [-0.05, 0) is 94.9 Å². The van der Waals surface area contributed by atoms with Crippen molar-refractivity contribution in [1.29, 1.82) is 0 Å². The number of rotatable bonds is 6. The smallest absolute Gasteiger partial charge is 0.0972 e. The number of nitrogens with zero attached hydrogens (tertiary/aromatic N) is 3. The second kappa shape index (κ2) is 12.4. The number of anilines is 1. The summed E-state index contributed by atoms with van der Waals surface area (Å²) < 4.78 is 2.59. The normalized spacial score (nSPS) is 11.6. The summed E-state index contributed by atoms with van der Waals surface area (Å²) in [6.45, 7) is 2.86. The van der Waals surface area contributed by atoms with Crippen LogP contribution >= 0.6 is 11.3 Å². The van der Waals surface area contributed by atoms with Gasteiger partial charge >= 0.3 is 0 Å². The molecule has 0 saturated heterocycles. The number of benzene rings is 6. The lowest BCUT2D eigenvalue weighted by Crippen LogP contribution is -2.02. The molecule has 52 heavy (non-hydrogen) atoms. The first-order chi connectivity index (χ1) is 25.6. The molecule has 4 heterocycles. The minimum absolute atomic E-state index is 0.721. The average molecular weight is 685 g/mol. The third-order valence-electron chi connectivity index (χ3n) is 10.1. The van der Waals surface area contributed by atoms with Gasteiger partial charge in [0.05, 0.1) is 27.9 Å². The van der Waals surface area contributed by atoms with E-state index in [4.69, 9.17) is 4.98 Å². The molecule has 246 valence electrons. The zero-order valence-corrected chi connectivity index (χ0v) is 29.3. The predicted octanol–water partition coefficient (Wildman–Crippen LogP) is 12.6. The van der Waals surface area contributed by atoms with Gasteiger partial charge in [0, 0.05) is 60.8 Å². The molecule has 0 spiro atoms. The molecule has 10 rings (SSSR count). The molecule has 0 radical (unpaired) electrons. The van der Waals surface area contributed by atoms with Gasteiger partial charge in [-0.2, -0.15) is 0 Å². The van der Waals surface area contributed by atoms with E-state index in [-0.39, 0.29) is 0 Å². The summed E-state index contributed by atoms with van der Waals surface area (Å²) in [4.78, 5) is 14.4. The summed E-state index contributed by atoms with van der Waals surface area (Å²) in [5.41, 5.74) is 13.2. The van der Waals surface area contributed by atoms with Crippen molar-refractivity contribution >= 4 is 69.9 Å². The van der Waals surface area contributed by atoms with Crippen LogP contribution in [0, 0.1) is 6.92 Å². The van der Waals surface area contributed by atoms with Gasteiger partial charge in [-0.3, -0.25) is 9.97 Å². The molecule has 0 saturated carbocycles. The van der Waals surface area contributed by atoms with E-state index in [0.717, 1.165) is 56.2 Å². The Balaban J connectivity index is 0.974. The monoisotopic (exact) mass is 684 g/mol. The maximum atomic E-state index is 5.11. The third kappa shape index (κ3) is 5.34. The number of nitrogens with one attached hydrogen (secondary N) is 1. The van der Waals surface area contributed by atoms with E-state index in [1.807, 2.05) is 35.9 Å². The molecule has 5 heteroatoms. The molecular formula is C47H32N4S. The van der Waals surface area contributed by atoms with E-state index < -0.39 is 0 Å². The first kappa shape index (κ1) is 30.4. The number of hydrogen-bond donors (Lipinski definition) is 1. The highest BCUT2D eigenvalue weighted by Gasteiger charge is 2.12. The Kier molecular flexibility index (Phi) is 7.25. The standard InChI is InChI=1S/C47H32N4S/c1-29-12-13-31-10-4-22-48-45(31)44(29)50-28-30-6-2-7-34(24-30)36-17-20-42-39(26-36)40-27-37(18-21-43(40)52-42)35-8-3-9-38(25-35)41-19-16-33-15-14-32-11-5-23-49-46(32)47(33)51-41/h2-27,50H,28H2,1H3. The maximum Gasteiger partial charge on any atom is 0.0972 e. The van der Waals surface area contributed by atoms with Crippen molar-refractivity contribution in [3.63, 3.8) is 0 Å². The van der Waals surface area contributed by atoms with Crippen molar-refractivity contribution in [1.82, 2.24) is 15.0 Å². The van der Waals surface area contributed by atoms with Crippen LogP contribution in [-0.4, -0.2) is 15.0 Å². The van der Waals surface area contributed by atoms with Crippen LogP contribution in [0.25, 0.3) is 86.4 Å². The largest absolute Gasteiger partial charge is 0.379 e. The number of thiophene rings is 1. The van der Waals surface area contributed by atoms with E-state index in [0.29, 0.717) is 0 Å². The molecule has 0 bridgehead atoms. The Morgan fingerprint density at radius 2 is 1.10 bits per heavy atom. The minimum atomic E-state index is 0.721. The molecule has 4 aromatic heterocycles. The van der Waals surface area contributed by atoms with Crippen molar-refractivity contribution in [2.75, 3.05) is 5.32 Å². The van der Waals surface area contributed by atoms with Gasteiger partial charge in [0.1, 0.15) is 0 Å². The van der Waals surface area contributed by atoms with Gasteiger partial charge in [0.2, 0.25) is 0 Å². The zero-order chi connectivity index (χ0) is 34.6. The molecule has 0 amide bonds. The Bertz CT molecular complexity index is 3000. The lowest BCUT2D eigenvalue weighted by Gasteiger charge is -2.13. The molecule has 1 N–H and O–H groups in total. The minimum Gasteiger partial charge on any atom is -0.379 e. The van der Waals surface area contributed by atoms with Crippen LogP contribution in [0.3, 0.4) is 0 Å². The van der Waals surface area contributed by atoms with Crippen LogP contribution in [0.2, 0.25) is 0 Å². The van der Waals surface area contributed by atoms with Crippen LogP contribution in [0.1, 0.15) is 11.1 Å². The molecular weight excluding hydrogens is 653 g/mol. The SMILES string of the molecule is Cc1ccc2cccnc2c1NCc1cccc(-c2ccc3sc4ccc(-c5cccc(-c6ccc7ccc8cccnc8c7n6)c5)cc4c3c2)c1. The lowest BCUT2D eigenvalue weighted by atomic mass is 9.98. The van der Waals surface area contributed by atoms with E-state index in [1.165, 1.54) is 53.6 Å². The molecule has 0 aliphatic carbocycles. The van der Waals surface area contributed by atoms with Crippen LogP contribution in [-0.2, 0) is 6.54 Å². The molecule has 0 aliphatic heterocycles. The van der Waals surface area contributed by atoms with Crippen molar-refractivity contribution in [3.05, 3.63) is 169 Å². The highest BCUT2D eigenvalue weighted by molar-refractivity contribution is 7.25. The maximum absolute atomic E-state index is 5.11. The zero-order valence-electron chi connectivity index (χ0n) is 28.5. The lowest BCUT2D eigenvalue weighted by molar-refractivity contribution is 1.14. The van der Waals surface area contributed by atoms with E-state index in [9.17, 15) is 0 Å². The van der Waals surface area contributed by atoms with Gasteiger partial charge in [-0.15, -0.1) is 11.3 Å². The van der Waals surface area contributed by atoms with Crippen molar-refractivity contribution in [3.8, 4) is 33.5 Å². The molecule has 6 aromatic carbocycles. The summed E-state index contributed by atoms with van der Waals surface area (Å²) in [5.74, 6) is 0. The van der Waals surface area contributed by atoms with E-state index >= 15 is 0 Å². The third-order valence-corrected chi connectivity index (χ3v) is 11.3. The summed E-state index contributed by atoms with van der Waals surface area (Å²) in [6.07, 6.45) is 3.70. The number of pyridine rings is 3. The van der Waals surface area contributed by atoms with Crippen LogP contribution in [0.4, 0.5) is 5.69 Å². The van der Waals surface area contributed by atoms with Gasteiger partial charge < -0.3 is 5.32 Å². The van der Waals surface area contributed by atoms with Crippen LogP contribution < -0.4 is 5.32 Å². The summed E-state index contributed by atoms with van der Waals surface area (Å²) in [5, 5.41) is 9.59. The molecule has 4 nitrogen and oxygen atoms in total. The highest BCUT2D eigenvalue weighted by atomic mass is 32.1. The molecule has 0 unspecified atom stereocenters. The second-order valence-electron chi connectivity index (χ2n) is 13.4. The first-order valence-electron chi connectivity index (χ1n) is 17.5. The van der Waals surface area contributed by atoms with Crippen molar-refractivity contribution in [2.24, 2.45) is 0 Å². The molecule has 0 fully saturated rings. The fourth-order valence-corrected chi connectivity index (χ4v) is 8.47. The van der Waals surface area contributed by atoms with Crippen molar-refractivity contribution in [2.45, 2.75) is 13.5 Å². The molecule has 10 aromatic rings. The fraction of sp³-hybridized carbons (Fsp3) is 0.0426. The fourth-order valence-electron chi connectivity index (χ4n) is 7.40. The summed E-state index contributed by atoms with van der Waals surface area (Å²) in [7, 11) is 0. The molecule has 0 atom stereocenters. The number of aromatic nitrogens is 3. The summed E-state index contributed by atoms with van der Waals surface area (Å²) in [6, 6.07) is 52.3. The number of aryl methyl sites for hydroxylation is 1. The van der Waals surface area contributed by atoms with E-state index in [1.54, 1.807) is 0 Å². The van der Waals surface area contributed by atoms with Gasteiger partial charge in [0.15, 0.2) is 0 Å². The Morgan fingerprint density at radius 1 is 0.500 bits per heavy atom. The van der Waals surface area contributed by atoms with Gasteiger partial charge in [-0.25, -0.2) is 4.98 Å². The number of fused-ring (bicyclic) bond motifs is 7. The highest BCUT2D eigenvalue weighted by Crippen LogP contribution is 2.39. The Hall–Kier alpha value is -6.43. The number of hydrogen-bond acceptors (Lipinski definition) is 5. The Morgan fingerprint density at radius 3 is 1.87 bits per heavy atom. The topological polar surface area (TPSA) is 50.7 Å². The predicted molar refractivity (Wildman–Crippen MR) is 220 cm³/mol. The van der Waals surface area contributed by atoms with Crippen LogP contribution in [0.5, 0.6) is 0 Å². The second-order valence-corrected chi connectivity index (χ2v) is 14.5. The van der Waals surface area contributed by atoms with Crippen LogP contribution in [0.15, 0.2) is 158 Å². The van der Waals surface area contributed by atoms with Crippen molar-refractivity contribution < 1.29 is 0 Å². The first-order valence-corrected chi connectivity index (χ1v) is 18.4. The van der Waals surface area contributed by atoms with E-state index in [2.05, 4.69) is 156 Å². The summed E-state index contributed by atoms with van der Waals surface area (Å²) >= 11 is 1.85. The average Bonchev–Trinajstić information content (AvgIpc) is 3.58. The quantitative estimate of drug-likeness (QED) is 0.177. The van der Waals surface area contributed by atoms with Gasteiger partial charge in [-0.1, -0.05) is 91.0 Å². The van der Waals surface area contributed by atoms with Gasteiger partial charge in [0.25, 0.3) is 0 Å².